The summed E-state index contributed by atoms with van der Waals surface area (Å²) in [7, 11) is 1.59. The summed E-state index contributed by atoms with van der Waals surface area (Å²) in [4.78, 5) is 26.1. The van der Waals surface area contributed by atoms with Gasteiger partial charge in [0.25, 0.3) is 5.91 Å². The second-order valence-corrected chi connectivity index (χ2v) is 6.53. The summed E-state index contributed by atoms with van der Waals surface area (Å²) < 4.78 is 10.9. The number of hydroxylamine groups is 1. The number of carbonyl (C=O) groups is 2. The number of hydrogen-bond donors (Lipinski definition) is 3. The van der Waals surface area contributed by atoms with Gasteiger partial charge < -0.3 is 19.7 Å². The van der Waals surface area contributed by atoms with E-state index < -0.39 is 11.8 Å². The maximum Gasteiger partial charge on any atom is 0.322 e. The highest BCUT2D eigenvalue weighted by Gasteiger charge is 2.30. The third-order valence-corrected chi connectivity index (χ3v) is 4.69. The van der Waals surface area contributed by atoms with Gasteiger partial charge in [-0.1, -0.05) is 6.08 Å². The average Bonchev–Trinajstić information content (AvgIpc) is 2.86. The van der Waals surface area contributed by atoms with Crippen LogP contribution in [0.4, 0.5) is 10.5 Å². The zero-order valence-corrected chi connectivity index (χ0v) is 15.3. The predicted molar refractivity (Wildman–Crippen MR) is 98.3 cm³/mol. The van der Waals surface area contributed by atoms with Crippen LogP contribution in [0.5, 0.6) is 5.75 Å². The number of nitrogens with one attached hydrogen (secondary N) is 2. The lowest BCUT2D eigenvalue weighted by Crippen LogP contribution is -2.43. The Morgan fingerprint density at radius 3 is 2.70 bits per heavy atom. The Bertz CT molecular complexity index is 772. The Morgan fingerprint density at radius 1 is 1.30 bits per heavy atom. The van der Waals surface area contributed by atoms with E-state index in [4.69, 9.17) is 14.7 Å². The molecule has 8 heteroatoms. The van der Waals surface area contributed by atoms with Gasteiger partial charge in [-0.3, -0.25) is 10.0 Å². The summed E-state index contributed by atoms with van der Waals surface area (Å²) in [5.74, 6) is 0.339. The van der Waals surface area contributed by atoms with Crippen molar-refractivity contribution < 1.29 is 24.3 Å². The fraction of sp³-hybridized carbons (Fsp3) is 0.368. The Morgan fingerprint density at radius 2 is 2.04 bits per heavy atom. The van der Waals surface area contributed by atoms with Crippen molar-refractivity contribution in [3.05, 3.63) is 47.7 Å². The summed E-state index contributed by atoms with van der Waals surface area (Å²) in [6.45, 7) is 2.60. The first-order valence-electron chi connectivity index (χ1n) is 8.71. The van der Waals surface area contributed by atoms with E-state index in [0.717, 1.165) is 5.57 Å². The van der Waals surface area contributed by atoms with Crippen LogP contribution in [0.1, 0.15) is 13.3 Å². The summed E-state index contributed by atoms with van der Waals surface area (Å²) >= 11 is 0. The molecular weight excluding hydrogens is 350 g/mol. The first-order valence-corrected chi connectivity index (χ1v) is 8.71. The molecule has 0 aromatic heterocycles. The molecule has 3 rings (SSSR count). The number of hydrogen-bond acceptors (Lipinski definition) is 5. The van der Waals surface area contributed by atoms with E-state index in [0.29, 0.717) is 36.8 Å². The van der Waals surface area contributed by atoms with Crippen molar-refractivity contribution in [2.24, 2.45) is 5.92 Å². The number of anilines is 1. The van der Waals surface area contributed by atoms with Gasteiger partial charge in [0.1, 0.15) is 18.1 Å². The van der Waals surface area contributed by atoms with Crippen LogP contribution in [-0.2, 0) is 9.53 Å². The number of urea groups is 1. The fourth-order valence-corrected chi connectivity index (χ4v) is 3.06. The second kappa shape index (κ2) is 8.13. The van der Waals surface area contributed by atoms with Crippen LogP contribution in [-0.4, -0.2) is 48.3 Å². The predicted octanol–water partition coefficient (Wildman–Crippen LogP) is 2.28. The number of amides is 3. The van der Waals surface area contributed by atoms with Crippen molar-refractivity contribution >= 4 is 17.6 Å². The number of fused-ring (bicyclic) bond motifs is 1. The highest BCUT2D eigenvalue weighted by molar-refractivity contribution is 5.90. The van der Waals surface area contributed by atoms with Crippen LogP contribution >= 0.6 is 0 Å². The number of allylic oxidation sites excluding steroid dienone is 1. The first-order chi connectivity index (χ1) is 13.0. The maximum atomic E-state index is 12.8. The molecule has 1 saturated heterocycles. The van der Waals surface area contributed by atoms with E-state index in [1.165, 1.54) is 0 Å². The zero-order valence-electron chi connectivity index (χ0n) is 15.3. The molecule has 0 saturated carbocycles. The SMILES string of the molecule is COc1ccc(NC(=O)N2CC3=CCC(C(=O)NO)C=C3OC[C@H]2C)cc1. The fourth-order valence-electron chi connectivity index (χ4n) is 3.06. The molecule has 0 bridgehead atoms. The zero-order chi connectivity index (χ0) is 19.4. The molecule has 27 heavy (non-hydrogen) atoms. The van der Waals surface area contributed by atoms with Gasteiger partial charge in [0.05, 0.1) is 25.6 Å². The molecule has 8 nitrogen and oxygen atoms in total. The molecule has 2 aliphatic rings. The maximum absolute atomic E-state index is 12.8. The van der Waals surface area contributed by atoms with Gasteiger partial charge in [-0.05, 0) is 43.7 Å². The van der Waals surface area contributed by atoms with Gasteiger partial charge in [-0.25, -0.2) is 10.3 Å². The third kappa shape index (κ3) is 4.22. The van der Waals surface area contributed by atoms with Crippen molar-refractivity contribution in [3.63, 3.8) is 0 Å². The van der Waals surface area contributed by atoms with Gasteiger partial charge in [0.2, 0.25) is 0 Å². The highest BCUT2D eigenvalue weighted by Crippen LogP contribution is 2.28. The van der Waals surface area contributed by atoms with Gasteiger partial charge >= 0.3 is 6.03 Å². The molecule has 0 radical (unpaired) electrons. The summed E-state index contributed by atoms with van der Waals surface area (Å²) in [6.07, 6.45) is 4.01. The number of benzene rings is 1. The average molecular weight is 373 g/mol. The molecule has 0 spiro atoms. The van der Waals surface area contributed by atoms with Gasteiger partial charge in [-0.15, -0.1) is 0 Å². The van der Waals surface area contributed by atoms with E-state index in [1.807, 2.05) is 13.0 Å². The minimum Gasteiger partial charge on any atom is -0.497 e. The summed E-state index contributed by atoms with van der Waals surface area (Å²) in [6, 6.07) is 6.73. The molecule has 1 aliphatic carbocycles. The van der Waals surface area contributed by atoms with Crippen LogP contribution in [0, 0.1) is 5.92 Å². The summed E-state index contributed by atoms with van der Waals surface area (Å²) in [5.41, 5.74) is 3.19. The first kappa shape index (κ1) is 18.8. The van der Waals surface area contributed by atoms with E-state index >= 15 is 0 Å². The molecule has 3 amide bonds. The standard InChI is InChI=1S/C19H23N3O5/c1-12-11-27-17-9-13(18(23)21-25)3-4-14(17)10-22(12)19(24)20-15-5-7-16(26-2)8-6-15/h4-9,12-13,25H,3,10-11H2,1-2H3,(H,20,24)(H,21,23)/t12-,13?/m1/s1. The van der Waals surface area contributed by atoms with Gasteiger partial charge in [0, 0.05) is 11.3 Å². The molecule has 1 unspecified atom stereocenters. The van der Waals surface area contributed by atoms with Crippen LogP contribution < -0.4 is 15.5 Å². The molecule has 1 aromatic carbocycles. The van der Waals surface area contributed by atoms with Crippen molar-refractivity contribution in [3.8, 4) is 5.75 Å². The monoisotopic (exact) mass is 373 g/mol. The number of methoxy groups -OCH3 is 1. The van der Waals surface area contributed by atoms with Gasteiger partial charge in [0.15, 0.2) is 0 Å². The lowest BCUT2D eigenvalue weighted by atomic mass is 9.94. The van der Waals surface area contributed by atoms with Crippen molar-refractivity contribution in [1.29, 1.82) is 0 Å². The van der Waals surface area contributed by atoms with Crippen molar-refractivity contribution in [1.82, 2.24) is 10.4 Å². The molecule has 1 aliphatic heterocycles. The van der Waals surface area contributed by atoms with Crippen LogP contribution in [0.25, 0.3) is 0 Å². The summed E-state index contributed by atoms with van der Waals surface area (Å²) in [5, 5.41) is 11.7. The Hall–Kier alpha value is -3.00. The normalized spacial score (nSPS) is 21.7. The van der Waals surface area contributed by atoms with Crippen molar-refractivity contribution in [2.45, 2.75) is 19.4 Å². The minimum absolute atomic E-state index is 0.152. The van der Waals surface area contributed by atoms with E-state index in [9.17, 15) is 9.59 Å². The topological polar surface area (TPSA) is 100 Å². The van der Waals surface area contributed by atoms with Crippen LogP contribution in [0.15, 0.2) is 47.7 Å². The molecular formula is C19H23N3O5. The Balaban J connectivity index is 1.71. The molecule has 2 atom stereocenters. The Kier molecular flexibility index (Phi) is 5.66. The lowest BCUT2D eigenvalue weighted by molar-refractivity contribution is -0.131. The second-order valence-electron chi connectivity index (χ2n) is 6.53. The van der Waals surface area contributed by atoms with Crippen LogP contribution in [0.3, 0.4) is 0 Å². The number of carbonyl (C=O) groups excluding carboxylic acids is 2. The lowest BCUT2D eigenvalue weighted by Gasteiger charge is -2.26. The molecule has 1 aromatic rings. The molecule has 1 heterocycles. The highest BCUT2D eigenvalue weighted by atomic mass is 16.5. The molecule has 144 valence electrons. The van der Waals surface area contributed by atoms with Crippen LogP contribution in [0.2, 0.25) is 0 Å². The number of nitrogens with zero attached hydrogens (tertiary/aromatic N) is 1. The molecule has 1 fully saturated rings. The number of rotatable bonds is 3. The van der Waals surface area contributed by atoms with E-state index in [2.05, 4.69) is 5.32 Å². The minimum atomic E-state index is -0.483. The third-order valence-electron chi connectivity index (χ3n) is 4.69. The van der Waals surface area contributed by atoms with E-state index in [1.54, 1.807) is 47.8 Å². The van der Waals surface area contributed by atoms with E-state index in [-0.39, 0.29) is 12.1 Å². The molecule has 3 N–H and O–H groups in total. The Labute approximate surface area is 157 Å². The van der Waals surface area contributed by atoms with Gasteiger partial charge in [-0.2, -0.15) is 0 Å². The quantitative estimate of drug-likeness (QED) is 0.558. The van der Waals surface area contributed by atoms with Crippen molar-refractivity contribution in [2.75, 3.05) is 25.6 Å². The smallest absolute Gasteiger partial charge is 0.322 e. The number of ether oxygens (including phenoxy) is 2. The largest absolute Gasteiger partial charge is 0.497 e.